The maximum atomic E-state index is 10.5. The normalized spacial score (nSPS) is 21.0. The van der Waals surface area contributed by atoms with Gasteiger partial charge >= 0.3 is 0 Å². The summed E-state index contributed by atoms with van der Waals surface area (Å²) in [4.78, 5) is 6.53. The van der Waals surface area contributed by atoms with Crippen LogP contribution >= 0.6 is 0 Å². The summed E-state index contributed by atoms with van der Waals surface area (Å²) in [6.07, 6.45) is 9.10. The van der Waals surface area contributed by atoms with Gasteiger partial charge in [-0.15, -0.1) is 0 Å². The van der Waals surface area contributed by atoms with E-state index in [4.69, 9.17) is 10.2 Å². The average Bonchev–Trinajstić information content (AvgIpc) is 3.21. The van der Waals surface area contributed by atoms with E-state index in [9.17, 15) is 5.11 Å². The fraction of sp³-hybridized carbons (Fsp3) is 0.409. The van der Waals surface area contributed by atoms with Crippen molar-refractivity contribution in [3.63, 3.8) is 0 Å². The predicted molar refractivity (Wildman–Crippen MR) is 115 cm³/mol. The van der Waals surface area contributed by atoms with Crippen LogP contribution in [0, 0.1) is 0 Å². The van der Waals surface area contributed by atoms with Gasteiger partial charge in [-0.1, -0.05) is 37.3 Å². The van der Waals surface area contributed by atoms with Crippen LogP contribution < -0.4 is 16.4 Å². The molecule has 2 aliphatic rings. The molecule has 1 aromatic carbocycles. The molecule has 1 aromatic heterocycles. The van der Waals surface area contributed by atoms with Crippen molar-refractivity contribution in [1.29, 1.82) is 0 Å². The standard InChI is InChI=1S/C22H29N5O2/c1-2-15-3-4-17(13-19(15)25-21(28)20-14-29-22(23)26-20)16-5-7-18(8-6-16)27-11-9-24-10-12-27/h3-7,13-14,18,21,24-25,28H,2,8-12H2,1H3,(H2,23,26). The molecule has 2 aromatic rings. The molecule has 5 N–H and O–H groups in total. The zero-order valence-electron chi connectivity index (χ0n) is 16.8. The number of aryl methyl sites for hydroxylation is 1. The lowest BCUT2D eigenvalue weighted by Gasteiger charge is -2.34. The molecule has 2 unspecified atom stereocenters. The Bertz CT molecular complexity index is 898. The number of nitrogens with zero attached hydrogens (tertiary/aromatic N) is 2. The van der Waals surface area contributed by atoms with Crippen molar-refractivity contribution in [2.24, 2.45) is 0 Å². The zero-order chi connectivity index (χ0) is 20.2. The van der Waals surface area contributed by atoms with Gasteiger partial charge in [0.15, 0.2) is 6.23 Å². The maximum absolute atomic E-state index is 10.5. The molecule has 0 bridgehead atoms. The number of benzene rings is 1. The van der Waals surface area contributed by atoms with Gasteiger partial charge in [0.25, 0.3) is 6.01 Å². The van der Waals surface area contributed by atoms with E-state index in [1.54, 1.807) is 0 Å². The lowest BCUT2D eigenvalue weighted by molar-refractivity contribution is 0.202. The van der Waals surface area contributed by atoms with Crippen molar-refractivity contribution in [3.05, 3.63) is 59.5 Å². The second kappa shape index (κ2) is 8.82. The van der Waals surface area contributed by atoms with Gasteiger partial charge < -0.3 is 25.9 Å². The molecular formula is C22H29N5O2. The van der Waals surface area contributed by atoms with E-state index in [1.165, 1.54) is 11.8 Å². The molecule has 0 radical (unpaired) electrons. The average molecular weight is 396 g/mol. The highest BCUT2D eigenvalue weighted by Gasteiger charge is 2.20. The molecule has 154 valence electrons. The van der Waals surface area contributed by atoms with Crippen molar-refractivity contribution in [2.75, 3.05) is 37.2 Å². The minimum absolute atomic E-state index is 0.0434. The SMILES string of the molecule is CCc1ccc(C2=CCC(N3CCNCC3)C=C2)cc1NC(O)c1coc(N)n1. The lowest BCUT2D eigenvalue weighted by Crippen LogP contribution is -2.47. The molecule has 2 atom stereocenters. The van der Waals surface area contributed by atoms with Gasteiger partial charge in [-0.25, -0.2) is 0 Å². The van der Waals surface area contributed by atoms with Crippen molar-refractivity contribution >= 4 is 17.3 Å². The first-order valence-corrected chi connectivity index (χ1v) is 10.3. The van der Waals surface area contributed by atoms with E-state index in [0.29, 0.717) is 11.7 Å². The minimum Gasteiger partial charge on any atom is -0.432 e. The van der Waals surface area contributed by atoms with E-state index in [1.807, 2.05) is 0 Å². The van der Waals surface area contributed by atoms with Gasteiger partial charge in [0.05, 0.1) is 0 Å². The van der Waals surface area contributed by atoms with Gasteiger partial charge in [0.2, 0.25) is 0 Å². The number of piperazine rings is 1. The van der Waals surface area contributed by atoms with E-state index in [-0.39, 0.29) is 6.01 Å². The van der Waals surface area contributed by atoms with Crippen LogP contribution in [-0.2, 0) is 6.42 Å². The molecule has 4 rings (SSSR count). The van der Waals surface area contributed by atoms with Crippen LogP contribution in [0.1, 0.15) is 36.4 Å². The highest BCUT2D eigenvalue weighted by atomic mass is 16.4. The summed E-state index contributed by atoms with van der Waals surface area (Å²) < 4.78 is 5.00. The highest BCUT2D eigenvalue weighted by molar-refractivity contribution is 5.77. The Labute approximate surface area is 171 Å². The van der Waals surface area contributed by atoms with Crippen LogP contribution in [0.5, 0.6) is 0 Å². The molecule has 1 aliphatic heterocycles. The van der Waals surface area contributed by atoms with E-state index in [0.717, 1.165) is 55.8 Å². The third-order valence-corrected chi connectivity index (χ3v) is 5.63. The molecule has 7 heteroatoms. The van der Waals surface area contributed by atoms with Gasteiger partial charge in [-0.2, -0.15) is 4.98 Å². The monoisotopic (exact) mass is 395 g/mol. The van der Waals surface area contributed by atoms with Crippen LogP contribution in [0.4, 0.5) is 11.7 Å². The van der Waals surface area contributed by atoms with Crippen LogP contribution in [0.25, 0.3) is 5.57 Å². The van der Waals surface area contributed by atoms with Gasteiger partial charge in [0, 0.05) is 37.9 Å². The number of oxazole rings is 1. The number of aromatic nitrogens is 1. The number of anilines is 2. The van der Waals surface area contributed by atoms with Crippen LogP contribution in [0.3, 0.4) is 0 Å². The molecule has 2 heterocycles. The van der Waals surface area contributed by atoms with Crippen LogP contribution in [-0.4, -0.2) is 47.2 Å². The summed E-state index contributed by atoms with van der Waals surface area (Å²) in [5.74, 6) is 0. The number of nitrogens with one attached hydrogen (secondary N) is 2. The number of aliphatic hydroxyl groups excluding tert-OH is 1. The van der Waals surface area contributed by atoms with Gasteiger partial charge in [0.1, 0.15) is 12.0 Å². The summed E-state index contributed by atoms with van der Waals surface area (Å²) in [5, 5.41) is 17.0. The van der Waals surface area contributed by atoms with Crippen LogP contribution in [0.15, 0.2) is 47.1 Å². The number of nitrogen functional groups attached to an aromatic ring is 1. The van der Waals surface area contributed by atoms with Gasteiger partial charge in [-0.3, -0.25) is 4.90 Å². The van der Waals surface area contributed by atoms with Gasteiger partial charge in [-0.05, 0) is 35.6 Å². The van der Waals surface area contributed by atoms with E-state index >= 15 is 0 Å². The largest absolute Gasteiger partial charge is 0.432 e. The molecule has 0 saturated carbocycles. The summed E-state index contributed by atoms with van der Waals surface area (Å²) in [5.41, 5.74) is 10.2. The maximum Gasteiger partial charge on any atom is 0.292 e. The lowest BCUT2D eigenvalue weighted by atomic mass is 9.94. The second-order valence-electron chi connectivity index (χ2n) is 7.49. The number of hydrogen-bond acceptors (Lipinski definition) is 7. The number of rotatable bonds is 6. The third-order valence-electron chi connectivity index (χ3n) is 5.63. The smallest absolute Gasteiger partial charge is 0.292 e. The quantitative estimate of drug-likeness (QED) is 0.558. The predicted octanol–water partition coefficient (Wildman–Crippen LogP) is 2.54. The summed E-state index contributed by atoms with van der Waals surface area (Å²) in [7, 11) is 0. The van der Waals surface area contributed by atoms with Crippen molar-refractivity contribution in [3.8, 4) is 0 Å². The molecule has 1 fully saturated rings. The molecule has 0 spiro atoms. The Morgan fingerprint density at radius 1 is 1.38 bits per heavy atom. The number of aliphatic hydroxyl groups is 1. The van der Waals surface area contributed by atoms with Crippen molar-refractivity contribution < 1.29 is 9.52 Å². The summed E-state index contributed by atoms with van der Waals surface area (Å²) in [6.45, 7) is 6.42. The number of nitrogens with two attached hydrogens (primary N) is 1. The Morgan fingerprint density at radius 3 is 2.86 bits per heavy atom. The fourth-order valence-corrected chi connectivity index (χ4v) is 3.95. The van der Waals surface area contributed by atoms with E-state index < -0.39 is 6.23 Å². The number of hydrogen-bond donors (Lipinski definition) is 4. The zero-order valence-corrected chi connectivity index (χ0v) is 16.8. The molecule has 29 heavy (non-hydrogen) atoms. The highest BCUT2D eigenvalue weighted by Crippen LogP contribution is 2.29. The Morgan fingerprint density at radius 2 is 2.21 bits per heavy atom. The Kier molecular flexibility index (Phi) is 5.99. The summed E-state index contributed by atoms with van der Waals surface area (Å²) >= 11 is 0. The third kappa shape index (κ3) is 4.53. The molecule has 1 aliphatic carbocycles. The van der Waals surface area contributed by atoms with E-state index in [2.05, 4.69) is 63.9 Å². The summed E-state index contributed by atoms with van der Waals surface area (Å²) in [6, 6.07) is 6.87. The first-order chi connectivity index (χ1) is 14.1. The van der Waals surface area contributed by atoms with Crippen molar-refractivity contribution in [1.82, 2.24) is 15.2 Å². The van der Waals surface area contributed by atoms with Crippen LogP contribution in [0.2, 0.25) is 0 Å². The topological polar surface area (TPSA) is 99.6 Å². The second-order valence-corrected chi connectivity index (χ2v) is 7.49. The molecule has 7 nitrogen and oxygen atoms in total. The molecule has 1 saturated heterocycles. The fourth-order valence-electron chi connectivity index (χ4n) is 3.95. The first-order valence-electron chi connectivity index (χ1n) is 10.3. The molecular weight excluding hydrogens is 366 g/mol. The van der Waals surface area contributed by atoms with Crippen molar-refractivity contribution in [2.45, 2.75) is 32.0 Å². The minimum atomic E-state index is -0.982. The number of allylic oxidation sites excluding steroid dienone is 2. The Balaban J connectivity index is 1.49. The molecule has 0 amide bonds. The first kappa shape index (κ1) is 19.7. The Hall–Kier alpha value is -2.61.